The maximum Gasteiger partial charge on any atom is 0.239 e. The van der Waals surface area contributed by atoms with Gasteiger partial charge in [-0.05, 0) is 24.6 Å². The first-order valence-electron chi connectivity index (χ1n) is 7.96. The molecule has 0 spiro atoms. The van der Waals surface area contributed by atoms with Crippen molar-refractivity contribution in [2.24, 2.45) is 4.99 Å². The van der Waals surface area contributed by atoms with E-state index in [0.717, 1.165) is 30.3 Å². The number of amides is 1. The van der Waals surface area contributed by atoms with Crippen LogP contribution in [0.3, 0.4) is 0 Å². The second kappa shape index (κ2) is 8.82. The summed E-state index contributed by atoms with van der Waals surface area (Å²) in [5, 5.41) is 9.21. The fourth-order valence-electron chi connectivity index (χ4n) is 2.35. The predicted molar refractivity (Wildman–Crippen MR) is 94.7 cm³/mol. The van der Waals surface area contributed by atoms with E-state index in [4.69, 9.17) is 0 Å². The third-order valence-electron chi connectivity index (χ3n) is 3.52. The van der Waals surface area contributed by atoms with Crippen LogP contribution in [0, 0.1) is 0 Å². The molecule has 3 N–H and O–H groups in total. The molecule has 1 aliphatic heterocycles. The fourth-order valence-corrected chi connectivity index (χ4v) is 2.35. The van der Waals surface area contributed by atoms with Crippen molar-refractivity contribution in [2.75, 3.05) is 37.6 Å². The average molecular weight is 315 g/mol. The third kappa shape index (κ3) is 5.32. The van der Waals surface area contributed by atoms with Gasteiger partial charge in [0.05, 0.1) is 13.1 Å². The second-order valence-electron chi connectivity index (χ2n) is 5.30. The minimum absolute atomic E-state index is 0.0773. The number of hydrogen-bond acceptors (Lipinski definition) is 3. The van der Waals surface area contributed by atoms with E-state index >= 15 is 0 Å². The van der Waals surface area contributed by atoms with Crippen molar-refractivity contribution >= 4 is 17.6 Å². The Hall–Kier alpha value is -2.50. The zero-order chi connectivity index (χ0) is 16.5. The molecule has 1 saturated heterocycles. The number of guanidine groups is 1. The van der Waals surface area contributed by atoms with Gasteiger partial charge in [0.15, 0.2) is 5.96 Å². The van der Waals surface area contributed by atoms with Crippen molar-refractivity contribution in [1.82, 2.24) is 16.0 Å². The zero-order valence-corrected chi connectivity index (χ0v) is 13.6. The van der Waals surface area contributed by atoms with E-state index in [1.54, 1.807) is 6.08 Å². The van der Waals surface area contributed by atoms with E-state index < -0.39 is 0 Å². The number of hydrogen-bond donors (Lipinski definition) is 3. The van der Waals surface area contributed by atoms with Gasteiger partial charge in [0.2, 0.25) is 5.91 Å². The summed E-state index contributed by atoms with van der Waals surface area (Å²) in [6.07, 6.45) is 1.80. The normalized spacial score (nSPS) is 15.1. The molecule has 0 saturated carbocycles. The van der Waals surface area contributed by atoms with Crippen molar-refractivity contribution in [3.05, 3.63) is 42.5 Å². The molecule has 1 fully saturated rings. The van der Waals surface area contributed by atoms with E-state index in [9.17, 15) is 4.79 Å². The lowest BCUT2D eigenvalue weighted by atomic mass is 10.2. The summed E-state index contributed by atoms with van der Waals surface area (Å²) in [6, 6.07) is 8.21. The van der Waals surface area contributed by atoms with Crippen molar-refractivity contribution < 1.29 is 4.79 Å². The van der Waals surface area contributed by atoms with Crippen LogP contribution in [0.2, 0.25) is 0 Å². The van der Waals surface area contributed by atoms with Gasteiger partial charge in [0.25, 0.3) is 0 Å². The van der Waals surface area contributed by atoms with Gasteiger partial charge in [-0.3, -0.25) is 4.79 Å². The molecular formula is C17H25N5O. The van der Waals surface area contributed by atoms with Crippen molar-refractivity contribution in [1.29, 1.82) is 0 Å². The number of benzene rings is 1. The maximum atomic E-state index is 11.4. The van der Waals surface area contributed by atoms with Gasteiger partial charge in [0.1, 0.15) is 0 Å². The maximum absolute atomic E-state index is 11.4. The Labute approximate surface area is 137 Å². The monoisotopic (exact) mass is 315 g/mol. The first-order chi connectivity index (χ1) is 11.2. The molecule has 0 aromatic heterocycles. The van der Waals surface area contributed by atoms with Crippen molar-refractivity contribution in [3.63, 3.8) is 0 Å². The molecule has 23 heavy (non-hydrogen) atoms. The molecule has 0 unspecified atom stereocenters. The van der Waals surface area contributed by atoms with E-state index in [-0.39, 0.29) is 5.91 Å². The minimum atomic E-state index is 0.0773. The minimum Gasteiger partial charge on any atom is -0.360 e. The van der Waals surface area contributed by atoms with Crippen LogP contribution in [0.5, 0.6) is 0 Å². The molecule has 1 heterocycles. The molecule has 1 amide bonds. The lowest BCUT2D eigenvalue weighted by Crippen LogP contribution is -2.47. The number of piperazine rings is 1. The Bertz CT molecular complexity index is 553. The summed E-state index contributed by atoms with van der Waals surface area (Å²) < 4.78 is 0. The molecule has 0 aliphatic carbocycles. The van der Waals surface area contributed by atoms with Gasteiger partial charge in [0, 0.05) is 31.9 Å². The first-order valence-corrected chi connectivity index (χ1v) is 7.96. The van der Waals surface area contributed by atoms with Gasteiger partial charge < -0.3 is 20.9 Å². The lowest BCUT2D eigenvalue weighted by molar-refractivity contribution is -0.120. The Morgan fingerprint density at radius 2 is 2.17 bits per heavy atom. The van der Waals surface area contributed by atoms with Gasteiger partial charge in [-0.1, -0.05) is 18.2 Å². The average Bonchev–Trinajstić information content (AvgIpc) is 2.58. The number of carbonyl (C=O) groups is 1. The summed E-state index contributed by atoms with van der Waals surface area (Å²) in [4.78, 5) is 18.1. The van der Waals surface area contributed by atoms with Crippen LogP contribution in [-0.4, -0.2) is 44.6 Å². The molecule has 6 heteroatoms. The molecular weight excluding hydrogens is 290 g/mol. The largest absolute Gasteiger partial charge is 0.360 e. The number of rotatable bonds is 6. The standard InChI is InChI=1S/C17H25N5O/c1-3-9-20-17(18-4-2)21-12-14-5-7-15(8-6-14)22-11-10-19-16(23)13-22/h3,5-8H,1,4,9-13H2,2H3,(H,19,23)(H2,18,20,21). The zero-order valence-electron chi connectivity index (χ0n) is 13.6. The second-order valence-corrected chi connectivity index (χ2v) is 5.30. The van der Waals surface area contributed by atoms with Crippen LogP contribution in [0.1, 0.15) is 12.5 Å². The molecule has 1 aliphatic rings. The van der Waals surface area contributed by atoms with Gasteiger partial charge in [-0.25, -0.2) is 4.99 Å². The summed E-state index contributed by atoms with van der Waals surface area (Å²) in [5.41, 5.74) is 2.20. The quantitative estimate of drug-likeness (QED) is 0.414. The van der Waals surface area contributed by atoms with Crippen LogP contribution < -0.4 is 20.9 Å². The van der Waals surface area contributed by atoms with Crippen LogP contribution in [0.25, 0.3) is 0 Å². The van der Waals surface area contributed by atoms with E-state index in [2.05, 4.69) is 44.6 Å². The van der Waals surface area contributed by atoms with Crippen LogP contribution in [0.15, 0.2) is 41.9 Å². The number of anilines is 1. The number of aliphatic imine (C=N–C) groups is 1. The Morgan fingerprint density at radius 1 is 1.39 bits per heavy atom. The van der Waals surface area contributed by atoms with E-state index in [1.165, 1.54) is 0 Å². The van der Waals surface area contributed by atoms with E-state index in [0.29, 0.717) is 26.2 Å². The van der Waals surface area contributed by atoms with Crippen molar-refractivity contribution in [2.45, 2.75) is 13.5 Å². The van der Waals surface area contributed by atoms with Crippen LogP contribution in [0.4, 0.5) is 5.69 Å². The molecule has 0 radical (unpaired) electrons. The molecule has 2 rings (SSSR count). The Morgan fingerprint density at radius 3 is 2.83 bits per heavy atom. The predicted octanol–water partition coefficient (Wildman–Crippen LogP) is 0.864. The van der Waals surface area contributed by atoms with Gasteiger partial charge >= 0.3 is 0 Å². The molecule has 6 nitrogen and oxygen atoms in total. The summed E-state index contributed by atoms with van der Waals surface area (Å²) in [7, 11) is 0. The van der Waals surface area contributed by atoms with Gasteiger partial charge in [-0.2, -0.15) is 0 Å². The highest BCUT2D eigenvalue weighted by Gasteiger charge is 2.15. The highest BCUT2D eigenvalue weighted by Crippen LogP contribution is 2.16. The summed E-state index contributed by atoms with van der Waals surface area (Å²) in [6.45, 7) is 9.80. The van der Waals surface area contributed by atoms with Crippen LogP contribution >= 0.6 is 0 Å². The third-order valence-corrected chi connectivity index (χ3v) is 3.52. The van der Waals surface area contributed by atoms with Gasteiger partial charge in [-0.15, -0.1) is 6.58 Å². The Kier molecular flexibility index (Phi) is 6.47. The summed E-state index contributed by atoms with van der Waals surface area (Å²) >= 11 is 0. The molecule has 124 valence electrons. The van der Waals surface area contributed by atoms with Crippen molar-refractivity contribution in [3.8, 4) is 0 Å². The first kappa shape index (κ1) is 16.9. The molecule has 1 aromatic rings. The Balaban J connectivity index is 1.95. The lowest BCUT2D eigenvalue weighted by Gasteiger charge is -2.28. The fraction of sp³-hybridized carbons (Fsp3) is 0.412. The van der Waals surface area contributed by atoms with E-state index in [1.807, 2.05) is 19.1 Å². The highest BCUT2D eigenvalue weighted by molar-refractivity contribution is 5.82. The number of nitrogens with one attached hydrogen (secondary N) is 3. The molecule has 0 atom stereocenters. The molecule has 0 bridgehead atoms. The summed E-state index contributed by atoms with van der Waals surface area (Å²) in [5.74, 6) is 0.859. The number of nitrogens with zero attached hydrogens (tertiary/aromatic N) is 2. The molecule has 1 aromatic carbocycles. The smallest absolute Gasteiger partial charge is 0.239 e. The number of carbonyl (C=O) groups excluding carboxylic acids is 1. The van der Waals surface area contributed by atoms with Crippen LogP contribution in [-0.2, 0) is 11.3 Å². The topological polar surface area (TPSA) is 68.8 Å². The SMILES string of the molecule is C=CCNC(=NCc1ccc(N2CCNC(=O)C2)cc1)NCC. The highest BCUT2D eigenvalue weighted by atomic mass is 16.2.